The third kappa shape index (κ3) is 8.02. The monoisotopic (exact) mass is 561 g/mol. The molecular weight excluding hydrogens is 521 g/mol. The lowest BCUT2D eigenvalue weighted by molar-refractivity contribution is 0.0170. The van der Waals surface area contributed by atoms with Gasteiger partial charge in [-0.3, -0.25) is 14.8 Å². The van der Waals surface area contributed by atoms with Crippen LogP contribution in [0.5, 0.6) is 5.75 Å². The number of aliphatic imine (C=N–C) groups is 1. The molecule has 0 radical (unpaired) electrons. The van der Waals surface area contributed by atoms with Gasteiger partial charge < -0.3 is 24.8 Å². The van der Waals surface area contributed by atoms with Crippen molar-refractivity contribution in [3.63, 3.8) is 0 Å². The second kappa shape index (κ2) is 14.9. The van der Waals surface area contributed by atoms with E-state index in [1.807, 2.05) is 19.2 Å². The fraction of sp³-hybridized carbons (Fsp3) is 0.696. The van der Waals surface area contributed by atoms with E-state index in [1.165, 1.54) is 18.4 Å². The molecule has 0 spiro atoms. The number of nitrogens with zero attached hydrogens (tertiary/aromatic N) is 3. The fourth-order valence-electron chi connectivity index (χ4n) is 4.43. The number of likely N-dealkylation sites (tertiary alicyclic amines) is 1. The van der Waals surface area contributed by atoms with Crippen molar-refractivity contribution in [1.82, 2.24) is 20.4 Å². The first-order valence-electron chi connectivity index (χ1n) is 11.4. The van der Waals surface area contributed by atoms with E-state index >= 15 is 0 Å². The normalized spacial score (nSPS) is 21.1. The Morgan fingerprint density at radius 2 is 1.91 bits per heavy atom. The van der Waals surface area contributed by atoms with E-state index in [-0.39, 0.29) is 30.0 Å². The highest BCUT2D eigenvalue weighted by Gasteiger charge is 2.25. The molecule has 0 aliphatic carbocycles. The standard InChI is InChI=1S/C23H39N5O3.HI/c1-24-23(25-17-20-5-4-10-27(20)11-14-29-2)26-18-22(28-12-15-31-16-13-28)19-6-8-21(30-3)9-7-19;/h6-9,20,22H,4-5,10-18H2,1-3H3,(H2,24,25,26);1H. The zero-order valence-electron chi connectivity index (χ0n) is 19.7. The Kier molecular flexibility index (Phi) is 12.6. The van der Waals surface area contributed by atoms with Gasteiger partial charge in [0.2, 0.25) is 0 Å². The fourth-order valence-corrected chi connectivity index (χ4v) is 4.43. The molecule has 1 aromatic carbocycles. The molecule has 2 aliphatic heterocycles. The summed E-state index contributed by atoms with van der Waals surface area (Å²) in [5.41, 5.74) is 1.27. The van der Waals surface area contributed by atoms with Gasteiger partial charge >= 0.3 is 0 Å². The molecule has 9 heteroatoms. The summed E-state index contributed by atoms with van der Waals surface area (Å²) in [7, 11) is 5.30. The van der Waals surface area contributed by atoms with Crippen molar-refractivity contribution in [3.05, 3.63) is 29.8 Å². The zero-order chi connectivity index (χ0) is 21.9. The van der Waals surface area contributed by atoms with E-state index < -0.39 is 0 Å². The molecule has 2 aliphatic rings. The summed E-state index contributed by atoms with van der Waals surface area (Å²) in [6.07, 6.45) is 2.47. The van der Waals surface area contributed by atoms with Crippen LogP contribution in [0.25, 0.3) is 0 Å². The van der Waals surface area contributed by atoms with Crippen LogP contribution in [-0.4, -0.2) is 102 Å². The maximum Gasteiger partial charge on any atom is 0.191 e. The van der Waals surface area contributed by atoms with Gasteiger partial charge in [-0.15, -0.1) is 24.0 Å². The summed E-state index contributed by atoms with van der Waals surface area (Å²) < 4.78 is 16.2. The molecule has 2 N–H and O–H groups in total. The number of nitrogens with one attached hydrogen (secondary N) is 2. The molecule has 32 heavy (non-hydrogen) atoms. The van der Waals surface area contributed by atoms with Crippen LogP contribution >= 0.6 is 24.0 Å². The van der Waals surface area contributed by atoms with Crippen LogP contribution in [0.4, 0.5) is 0 Å². The van der Waals surface area contributed by atoms with Crippen molar-refractivity contribution in [2.45, 2.75) is 24.9 Å². The number of morpholine rings is 1. The summed E-state index contributed by atoms with van der Waals surface area (Å²) in [5.74, 6) is 1.73. The predicted octanol–water partition coefficient (Wildman–Crippen LogP) is 1.96. The molecule has 2 saturated heterocycles. The summed E-state index contributed by atoms with van der Waals surface area (Å²) in [6.45, 7) is 8.02. The topological polar surface area (TPSA) is 70.6 Å². The van der Waals surface area contributed by atoms with Gasteiger partial charge in [0, 0.05) is 52.9 Å². The van der Waals surface area contributed by atoms with E-state index in [0.717, 1.165) is 70.8 Å². The molecular formula is C23H40IN5O3. The van der Waals surface area contributed by atoms with Crippen LogP contribution in [0.15, 0.2) is 29.3 Å². The molecule has 0 saturated carbocycles. The van der Waals surface area contributed by atoms with E-state index in [4.69, 9.17) is 14.2 Å². The Bertz CT molecular complexity index is 670. The highest BCUT2D eigenvalue weighted by molar-refractivity contribution is 14.0. The number of hydrogen-bond acceptors (Lipinski definition) is 6. The van der Waals surface area contributed by atoms with Crippen LogP contribution < -0.4 is 15.4 Å². The first kappa shape index (κ1) is 27.1. The Morgan fingerprint density at radius 3 is 2.56 bits per heavy atom. The number of guanidine groups is 1. The van der Waals surface area contributed by atoms with Gasteiger partial charge in [-0.2, -0.15) is 0 Å². The van der Waals surface area contributed by atoms with Crippen LogP contribution in [0.3, 0.4) is 0 Å². The van der Waals surface area contributed by atoms with E-state index in [0.29, 0.717) is 6.04 Å². The van der Waals surface area contributed by atoms with Crippen LogP contribution in [0, 0.1) is 0 Å². The molecule has 0 aromatic heterocycles. The largest absolute Gasteiger partial charge is 0.497 e. The van der Waals surface area contributed by atoms with Crippen LogP contribution in [0.2, 0.25) is 0 Å². The molecule has 3 rings (SSSR count). The van der Waals surface area contributed by atoms with Gasteiger partial charge in [-0.1, -0.05) is 12.1 Å². The Hall–Kier alpha value is -1.14. The number of halogens is 1. The second-order valence-electron chi connectivity index (χ2n) is 8.10. The molecule has 2 atom stereocenters. The molecule has 182 valence electrons. The van der Waals surface area contributed by atoms with Gasteiger partial charge in [0.15, 0.2) is 5.96 Å². The highest BCUT2D eigenvalue weighted by atomic mass is 127. The van der Waals surface area contributed by atoms with Crippen LogP contribution in [0.1, 0.15) is 24.4 Å². The molecule has 0 amide bonds. The second-order valence-corrected chi connectivity index (χ2v) is 8.10. The molecule has 8 nitrogen and oxygen atoms in total. The van der Waals surface area contributed by atoms with Gasteiger partial charge in [0.1, 0.15) is 5.75 Å². The minimum absolute atomic E-state index is 0. The van der Waals surface area contributed by atoms with Crippen molar-refractivity contribution in [2.75, 3.05) is 80.4 Å². The molecule has 2 unspecified atom stereocenters. The summed E-state index contributed by atoms with van der Waals surface area (Å²) >= 11 is 0. The average molecular weight is 562 g/mol. The lowest BCUT2D eigenvalue weighted by atomic mass is 10.0. The number of methoxy groups -OCH3 is 2. The maximum absolute atomic E-state index is 5.57. The van der Waals surface area contributed by atoms with Gasteiger partial charge in [-0.25, -0.2) is 0 Å². The minimum Gasteiger partial charge on any atom is -0.497 e. The lowest BCUT2D eigenvalue weighted by Gasteiger charge is -2.35. The molecule has 2 heterocycles. The Labute approximate surface area is 210 Å². The van der Waals surface area contributed by atoms with Crippen molar-refractivity contribution in [2.24, 2.45) is 4.99 Å². The van der Waals surface area contributed by atoms with Gasteiger partial charge in [0.05, 0.1) is 33.0 Å². The quantitative estimate of drug-likeness (QED) is 0.257. The minimum atomic E-state index is 0. The van der Waals surface area contributed by atoms with Crippen molar-refractivity contribution < 1.29 is 14.2 Å². The first-order valence-corrected chi connectivity index (χ1v) is 11.4. The first-order chi connectivity index (χ1) is 15.2. The Morgan fingerprint density at radius 1 is 1.16 bits per heavy atom. The lowest BCUT2D eigenvalue weighted by Crippen LogP contribution is -2.48. The van der Waals surface area contributed by atoms with E-state index in [9.17, 15) is 0 Å². The predicted molar refractivity (Wildman–Crippen MR) is 139 cm³/mol. The van der Waals surface area contributed by atoms with Gasteiger partial charge in [-0.05, 0) is 37.1 Å². The number of hydrogen-bond donors (Lipinski definition) is 2. The van der Waals surface area contributed by atoms with Crippen molar-refractivity contribution >= 4 is 29.9 Å². The zero-order valence-corrected chi connectivity index (χ0v) is 22.0. The summed E-state index contributed by atoms with van der Waals surface area (Å²) in [6, 6.07) is 9.16. The molecule has 2 fully saturated rings. The van der Waals surface area contributed by atoms with Crippen molar-refractivity contribution in [1.29, 1.82) is 0 Å². The van der Waals surface area contributed by atoms with Crippen LogP contribution in [-0.2, 0) is 9.47 Å². The summed E-state index contributed by atoms with van der Waals surface area (Å²) in [5, 5.41) is 7.10. The molecule has 1 aromatic rings. The third-order valence-corrected chi connectivity index (χ3v) is 6.26. The SMILES string of the molecule is CN=C(NCC1CCCN1CCOC)NCC(c1ccc(OC)cc1)N1CCOCC1.I. The number of rotatable bonds is 10. The third-order valence-electron chi connectivity index (χ3n) is 6.26. The number of benzene rings is 1. The average Bonchev–Trinajstić information content (AvgIpc) is 3.28. The highest BCUT2D eigenvalue weighted by Crippen LogP contribution is 2.23. The van der Waals surface area contributed by atoms with E-state index in [1.54, 1.807) is 14.2 Å². The number of ether oxygens (including phenoxy) is 3. The van der Waals surface area contributed by atoms with E-state index in [2.05, 4.69) is 37.6 Å². The van der Waals surface area contributed by atoms with Gasteiger partial charge in [0.25, 0.3) is 0 Å². The summed E-state index contributed by atoms with van der Waals surface area (Å²) in [4.78, 5) is 9.46. The smallest absolute Gasteiger partial charge is 0.191 e. The maximum atomic E-state index is 5.57. The van der Waals surface area contributed by atoms with Crippen molar-refractivity contribution in [3.8, 4) is 5.75 Å². The molecule has 0 bridgehead atoms. The Balaban J connectivity index is 0.00000363.